The standard InChI is InChI=1S/C24H28N2O2/c1-17(27)26-15-5-6-19-10-13-21(16-22(19)26)25-23(28)14-9-18-7-11-20(12-8-18)24(2,3)4/h7-14,16H,5-6,15H2,1-4H3,(H,25,28). The summed E-state index contributed by atoms with van der Waals surface area (Å²) < 4.78 is 0. The predicted molar refractivity (Wildman–Crippen MR) is 116 cm³/mol. The van der Waals surface area contributed by atoms with E-state index in [1.165, 1.54) is 11.6 Å². The van der Waals surface area contributed by atoms with Gasteiger partial charge in [-0.15, -0.1) is 0 Å². The van der Waals surface area contributed by atoms with Crippen LogP contribution in [0.25, 0.3) is 6.08 Å². The fourth-order valence-electron chi connectivity index (χ4n) is 3.43. The topological polar surface area (TPSA) is 49.4 Å². The van der Waals surface area contributed by atoms with Crippen LogP contribution in [0.3, 0.4) is 0 Å². The Morgan fingerprint density at radius 3 is 2.43 bits per heavy atom. The summed E-state index contributed by atoms with van der Waals surface area (Å²) in [5.41, 5.74) is 5.10. The van der Waals surface area contributed by atoms with Crippen LogP contribution in [0.5, 0.6) is 0 Å². The van der Waals surface area contributed by atoms with E-state index in [4.69, 9.17) is 0 Å². The first kappa shape index (κ1) is 19.9. The third kappa shape index (κ3) is 4.69. The SMILES string of the molecule is CC(=O)N1CCCc2ccc(NC(=O)C=Cc3ccc(C(C)(C)C)cc3)cc21. The van der Waals surface area contributed by atoms with Crippen LogP contribution in [0.2, 0.25) is 0 Å². The number of aryl methyl sites for hydroxylation is 1. The predicted octanol–water partition coefficient (Wildman–Crippen LogP) is 4.94. The second kappa shape index (κ2) is 8.01. The highest BCUT2D eigenvalue weighted by Gasteiger charge is 2.20. The van der Waals surface area contributed by atoms with Crippen molar-refractivity contribution in [3.05, 3.63) is 65.2 Å². The molecule has 0 saturated heterocycles. The first-order valence-electron chi connectivity index (χ1n) is 9.75. The van der Waals surface area contributed by atoms with Gasteiger partial charge in [-0.3, -0.25) is 9.59 Å². The van der Waals surface area contributed by atoms with Crippen LogP contribution in [-0.2, 0) is 21.4 Å². The second-order valence-corrected chi connectivity index (χ2v) is 8.31. The Hall–Kier alpha value is -2.88. The largest absolute Gasteiger partial charge is 0.322 e. The van der Waals surface area contributed by atoms with Gasteiger partial charge in [0.05, 0.1) is 0 Å². The summed E-state index contributed by atoms with van der Waals surface area (Å²) >= 11 is 0. The minimum Gasteiger partial charge on any atom is -0.322 e. The smallest absolute Gasteiger partial charge is 0.248 e. The molecular weight excluding hydrogens is 348 g/mol. The lowest BCUT2D eigenvalue weighted by Gasteiger charge is -2.29. The molecule has 146 valence electrons. The van der Waals surface area contributed by atoms with Gasteiger partial charge in [-0.2, -0.15) is 0 Å². The Morgan fingerprint density at radius 1 is 1.07 bits per heavy atom. The Bertz CT molecular complexity index is 905. The van der Waals surface area contributed by atoms with E-state index in [1.807, 2.05) is 36.4 Å². The van der Waals surface area contributed by atoms with Crippen molar-refractivity contribution in [3.8, 4) is 0 Å². The molecule has 0 spiro atoms. The highest BCUT2D eigenvalue weighted by Crippen LogP contribution is 2.30. The number of hydrogen-bond donors (Lipinski definition) is 1. The molecule has 0 bridgehead atoms. The number of fused-ring (bicyclic) bond motifs is 1. The van der Waals surface area contributed by atoms with Crippen molar-refractivity contribution in [2.24, 2.45) is 0 Å². The third-order valence-electron chi connectivity index (χ3n) is 5.06. The van der Waals surface area contributed by atoms with Gasteiger partial charge in [0.2, 0.25) is 11.8 Å². The van der Waals surface area contributed by atoms with Crippen molar-refractivity contribution in [1.29, 1.82) is 0 Å². The highest BCUT2D eigenvalue weighted by atomic mass is 16.2. The normalized spacial score (nSPS) is 14.1. The molecule has 0 saturated carbocycles. The number of anilines is 2. The summed E-state index contributed by atoms with van der Waals surface area (Å²) in [4.78, 5) is 26.0. The van der Waals surface area contributed by atoms with Gasteiger partial charge in [0.25, 0.3) is 0 Å². The van der Waals surface area contributed by atoms with Crippen molar-refractivity contribution in [2.45, 2.75) is 46.0 Å². The quantitative estimate of drug-likeness (QED) is 0.772. The first-order chi connectivity index (χ1) is 13.2. The minimum absolute atomic E-state index is 0.0306. The van der Waals surface area contributed by atoms with E-state index in [2.05, 4.69) is 38.2 Å². The lowest BCUT2D eigenvalue weighted by atomic mass is 9.87. The summed E-state index contributed by atoms with van der Waals surface area (Å²) in [6.07, 6.45) is 5.27. The van der Waals surface area contributed by atoms with E-state index in [0.29, 0.717) is 5.69 Å². The van der Waals surface area contributed by atoms with E-state index in [0.717, 1.165) is 36.2 Å². The molecule has 3 rings (SSSR count). The number of benzene rings is 2. The van der Waals surface area contributed by atoms with E-state index >= 15 is 0 Å². The lowest BCUT2D eigenvalue weighted by Crippen LogP contribution is -2.33. The van der Waals surface area contributed by atoms with Gasteiger partial charge >= 0.3 is 0 Å². The maximum absolute atomic E-state index is 12.3. The van der Waals surface area contributed by atoms with Crippen LogP contribution in [0.15, 0.2) is 48.5 Å². The molecule has 0 aliphatic carbocycles. The van der Waals surface area contributed by atoms with Gasteiger partial charge in [0.15, 0.2) is 0 Å². The molecular formula is C24H28N2O2. The van der Waals surface area contributed by atoms with Gasteiger partial charge in [-0.25, -0.2) is 0 Å². The van der Waals surface area contributed by atoms with Crippen LogP contribution < -0.4 is 10.2 Å². The number of nitrogens with zero attached hydrogens (tertiary/aromatic N) is 1. The maximum atomic E-state index is 12.3. The van der Waals surface area contributed by atoms with Crippen LogP contribution >= 0.6 is 0 Å². The number of carbonyl (C=O) groups is 2. The summed E-state index contributed by atoms with van der Waals surface area (Å²) in [5, 5.41) is 2.89. The molecule has 1 aliphatic rings. The van der Waals surface area contributed by atoms with Crippen LogP contribution in [0.1, 0.15) is 50.8 Å². The van der Waals surface area contributed by atoms with Crippen molar-refractivity contribution >= 4 is 29.3 Å². The van der Waals surface area contributed by atoms with Gasteiger partial charge in [0, 0.05) is 30.9 Å². The fraction of sp³-hybridized carbons (Fsp3) is 0.333. The van der Waals surface area contributed by atoms with Gasteiger partial charge in [-0.05, 0) is 53.2 Å². The second-order valence-electron chi connectivity index (χ2n) is 8.31. The molecule has 0 radical (unpaired) electrons. The number of rotatable bonds is 3. The Kier molecular flexibility index (Phi) is 5.68. The number of carbonyl (C=O) groups excluding carboxylic acids is 2. The molecule has 0 atom stereocenters. The highest BCUT2D eigenvalue weighted by molar-refractivity contribution is 6.02. The van der Waals surface area contributed by atoms with Gasteiger partial charge < -0.3 is 10.2 Å². The average molecular weight is 377 g/mol. The molecule has 2 aromatic carbocycles. The van der Waals surface area contributed by atoms with Crippen LogP contribution in [-0.4, -0.2) is 18.4 Å². The summed E-state index contributed by atoms with van der Waals surface area (Å²) in [6, 6.07) is 14.0. The molecule has 0 aromatic heterocycles. The molecule has 1 N–H and O–H groups in total. The van der Waals surface area contributed by atoms with Crippen LogP contribution in [0.4, 0.5) is 11.4 Å². The van der Waals surface area contributed by atoms with E-state index < -0.39 is 0 Å². The zero-order chi connectivity index (χ0) is 20.3. The molecule has 2 aromatic rings. The fourth-order valence-corrected chi connectivity index (χ4v) is 3.43. The van der Waals surface area contributed by atoms with Crippen molar-refractivity contribution in [3.63, 3.8) is 0 Å². The van der Waals surface area contributed by atoms with E-state index in [9.17, 15) is 9.59 Å². The zero-order valence-corrected chi connectivity index (χ0v) is 17.1. The van der Waals surface area contributed by atoms with E-state index in [1.54, 1.807) is 11.8 Å². The van der Waals surface area contributed by atoms with Gasteiger partial charge in [0.1, 0.15) is 0 Å². The molecule has 0 unspecified atom stereocenters. The van der Waals surface area contributed by atoms with Crippen molar-refractivity contribution in [2.75, 3.05) is 16.8 Å². The minimum atomic E-state index is -0.190. The number of hydrogen-bond acceptors (Lipinski definition) is 2. The molecule has 4 heteroatoms. The lowest BCUT2D eigenvalue weighted by molar-refractivity contribution is -0.116. The third-order valence-corrected chi connectivity index (χ3v) is 5.06. The molecule has 4 nitrogen and oxygen atoms in total. The summed E-state index contributed by atoms with van der Waals surface area (Å²) in [7, 11) is 0. The maximum Gasteiger partial charge on any atom is 0.248 e. The average Bonchev–Trinajstić information content (AvgIpc) is 2.65. The number of nitrogens with one attached hydrogen (secondary N) is 1. The summed E-state index contributed by atoms with van der Waals surface area (Å²) in [5.74, 6) is -0.159. The Balaban J connectivity index is 1.69. The Labute approximate surface area is 167 Å². The van der Waals surface area contributed by atoms with Crippen LogP contribution in [0, 0.1) is 0 Å². The molecule has 0 fully saturated rings. The number of amides is 2. The zero-order valence-electron chi connectivity index (χ0n) is 17.1. The summed E-state index contributed by atoms with van der Waals surface area (Å²) in [6.45, 7) is 8.84. The Morgan fingerprint density at radius 2 is 1.79 bits per heavy atom. The molecule has 2 amide bonds. The molecule has 1 heterocycles. The first-order valence-corrected chi connectivity index (χ1v) is 9.75. The van der Waals surface area contributed by atoms with Gasteiger partial charge in [-0.1, -0.05) is 51.1 Å². The van der Waals surface area contributed by atoms with E-state index in [-0.39, 0.29) is 17.2 Å². The molecule has 28 heavy (non-hydrogen) atoms. The van der Waals surface area contributed by atoms with Crippen molar-refractivity contribution in [1.82, 2.24) is 0 Å². The monoisotopic (exact) mass is 376 g/mol. The molecule has 1 aliphatic heterocycles. The van der Waals surface area contributed by atoms with Crippen molar-refractivity contribution < 1.29 is 9.59 Å².